The number of halogens is 3. The number of nitrogens with one attached hydrogen (secondary N) is 2. The minimum Gasteiger partial charge on any atom is -0.481 e. The third-order valence-electron chi connectivity index (χ3n) is 4.09. The van der Waals surface area contributed by atoms with Gasteiger partial charge in [-0.1, -0.05) is 50.9 Å². The molecule has 13 heteroatoms. The largest absolute Gasteiger partial charge is 0.481 e. The van der Waals surface area contributed by atoms with Crippen LogP contribution < -0.4 is 15.5 Å². The second-order valence-corrected chi connectivity index (χ2v) is 9.89. The quantitative estimate of drug-likeness (QED) is 0.240. The first-order valence-corrected chi connectivity index (χ1v) is 12.3. The zero-order valence-corrected chi connectivity index (χ0v) is 22.1. The van der Waals surface area contributed by atoms with Gasteiger partial charge in [0.15, 0.2) is 10.9 Å². The Bertz CT molecular complexity index is 1190. The highest BCUT2D eigenvalue weighted by Gasteiger charge is 2.34. The van der Waals surface area contributed by atoms with Crippen molar-refractivity contribution in [1.82, 2.24) is 10.4 Å². The molecule has 1 aliphatic rings. The maximum atomic E-state index is 12.9. The first-order valence-electron chi connectivity index (χ1n) is 9.56. The van der Waals surface area contributed by atoms with Crippen LogP contribution in [-0.4, -0.2) is 40.5 Å². The van der Waals surface area contributed by atoms with Crippen molar-refractivity contribution >= 4 is 97.1 Å². The van der Waals surface area contributed by atoms with Crippen LogP contribution in [0.2, 0.25) is 10.0 Å². The number of amides is 3. The summed E-state index contributed by atoms with van der Waals surface area (Å²) in [4.78, 5) is 37.1. The highest BCUT2D eigenvalue weighted by atomic mass is 79.9. The number of anilines is 1. The molecular weight excluding hydrogens is 589 g/mol. The molecule has 0 aliphatic carbocycles. The summed E-state index contributed by atoms with van der Waals surface area (Å²) in [6.07, 6.45) is 1.56. The van der Waals surface area contributed by atoms with Gasteiger partial charge >= 0.3 is 12.0 Å². The molecule has 2 aromatic rings. The predicted molar refractivity (Wildman–Crippen MR) is 140 cm³/mol. The summed E-state index contributed by atoms with van der Waals surface area (Å²) in [5.74, 6) is -0.678. The van der Waals surface area contributed by atoms with E-state index in [1.54, 1.807) is 37.3 Å². The van der Waals surface area contributed by atoms with Gasteiger partial charge in [0.25, 0.3) is 5.91 Å². The van der Waals surface area contributed by atoms with E-state index in [1.165, 1.54) is 12.1 Å². The van der Waals surface area contributed by atoms with Crippen LogP contribution in [0.1, 0.15) is 12.5 Å². The number of esters is 1. The average Bonchev–Trinajstić information content (AvgIpc) is 3.03. The minimum atomic E-state index is -0.697. The van der Waals surface area contributed by atoms with E-state index in [-0.39, 0.29) is 27.5 Å². The Labute approximate surface area is 223 Å². The van der Waals surface area contributed by atoms with Gasteiger partial charge in [-0.2, -0.15) is 5.01 Å². The molecule has 8 nitrogen and oxygen atoms in total. The number of hydrogen-bond acceptors (Lipinski definition) is 7. The van der Waals surface area contributed by atoms with E-state index in [2.05, 4.69) is 26.7 Å². The van der Waals surface area contributed by atoms with E-state index in [0.29, 0.717) is 22.0 Å². The lowest BCUT2D eigenvalue weighted by Crippen LogP contribution is -2.46. The molecule has 178 valence electrons. The van der Waals surface area contributed by atoms with E-state index >= 15 is 0 Å². The molecule has 0 atom stereocenters. The van der Waals surface area contributed by atoms with Crippen LogP contribution >= 0.6 is 63.1 Å². The molecule has 0 radical (unpaired) electrons. The molecule has 0 bridgehead atoms. The number of hydrogen-bond donors (Lipinski definition) is 2. The smallest absolute Gasteiger partial charge is 0.344 e. The Kier molecular flexibility index (Phi) is 9.20. The Balaban J connectivity index is 1.73. The van der Waals surface area contributed by atoms with Gasteiger partial charge in [0.2, 0.25) is 0 Å². The maximum Gasteiger partial charge on any atom is 0.344 e. The van der Waals surface area contributed by atoms with E-state index < -0.39 is 17.9 Å². The monoisotopic (exact) mass is 603 g/mol. The first kappa shape index (κ1) is 26.3. The summed E-state index contributed by atoms with van der Waals surface area (Å²) < 4.78 is 11.3. The number of nitrogens with zero attached hydrogens (tertiary/aromatic N) is 1. The van der Waals surface area contributed by atoms with E-state index in [1.807, 2.05) is 0 Å². The van der Waals surface area contributed by atoms with Crippen molar-refractivity contribution in [2.24, 2.45) is 0 Å². The van der Waals surface area contributed by atoms with E-state index in [4.69, 9.17) is 44.9 Å². The molecule has 34 heavy (non-hydrogen) atoms. The van der Waals surface area contributed by atoms with Crippen LogP contribution in [0, 0.1) is 0 Å². The van der Waals surface area contributed by atoms with E-state index in [9.17, 15) is 14.4 Å². The van der Waals surface area contributed by atoms with Crippen molar-refractivity contribution in [3.05, 3.63) is 61.4 Å². The molecule has 3 amide bonds. The predicted octanol–water partition coefficient (Wildman–Crippen LogP) is 5.64. The van der Waals surface area contributed by atoms with Gasteiger partial charge in [0.1, 0.15) is 5.75 Å². The lowest BCUT2D eigenvalue weighted by Gasteiger charge is -2.16. The summed E-state index contributed by atoms with van der Waals surface area (Å²) in [7, 11) is 0. The fourth-order valence-corrected chi connectivity index (χ4v) is 4.49. The number of carbonyl (C=O) groups excluding carboxylic acids is 3. The number of urea groups is 1. The van der Waals surface area contributed by atoms with Crippen LogP contribution in [0.5, 0.6) is 5.75 Å². The van der Waals surface area contributed by atoms with Gasteiger partial charge in [-0.3, -0.25) is 4.79 Å². The van der Waals surface area contributed by atoms with Crippen molar-refractivity contribution in [1.29, 1.82) is 0 Å². The molecule has 1 saturated heterocycles. The fraction of sp³-hybridized carbons (Fsp3) is 0.143. The number of ether oxygens (including phenoxy) is 2. The fourth-order valence-electron chi connectivity index (χ4n) is 2.64. The Morgan fingerprint density at radius 1 is 1.21 bits per heavy atom. The second-order valence-electron chi connectivity index (χ2n) is 6.49. The standard InChI is InChI=1S/C21H16BrCl2N3O5S2/c1-2-31-18(28)10-32-16-6-3-12(22)7-11(16)8-17-19(29)27(21(33)34-17)26-20(30)25-13-4-5-14(23)15(24)9-13/h3-9H,2,10H2,1H3,(H2,25,26,30)/b17-8+. The van der Waals surface area contributed by atoms with Crippen LogP contribution in [0.3, 0.4) is 0 Å². The summed E-state index contributed by atoms with van der Waals surface area (Å²) >= 11 is 21.4. The van der Waals surface area contributed by atoms with Crippen molar-refractivity contribution in [3.8, 4) is 5.75 Å². The Hall–Kier alpha value is -2.31. The molecule has 1 fully saturated rings. The number of thioether (sulfide) groups is 1. The normalized spacial score (nSPS) is 14.4. The SMILES string of the molecule is CCOC(=O)COc1ccc(Br)cc1/C=C1/SC(=S)N(NC(=O)Nc2ccc(Cl)c(Cl)c2)C1=O. The Morgan fingerprint density at radius 3 is 2.68 bits per heavy atom. The molecule has 3 rings (SSSR count). The molecule has 0 aromatic heterocycles. The lowest BCUT2D eigenvalue weighted by atomic mass is 10.2. The molecule has 0 saturated carbocycles. The van der Waals surface area contributed by atoms with Gasteiger partial charge in [-0.05, 0) is 61.6 Å². The summed E-state index contributed by atoms with van der Waals surface area (Å²) in [5, 5.41) is 4.11. The van der Waals surface area contributed by atoms with Gasteiger partial charge < -0.3 is 14.8 Å². The maximum absolute atomic E-state index is 12.9. The molecule has 0 spiro atoms. The van der Waals surface area contributed by atoms with Crippen molar-refractivity contribution in [3.63, 3.8) is 0 Å². The topological polar surface area (TPSA) is 97.0 Å². The first-order chi connectivity index (χ1) is 16.2. The molecule has 1 aliphatic heterocycles. The van der Waals surface area contributed by atoms with E-state index in [0.717, 1.165) is 21.2 Å². The zero-order valence-electron chi connectivity index (χ0n) is 17.4. The zero-order chi connectivity index (χ0) is 24.8. The lowest BCUT2D eigenvalue weighted by molar-refractivity contribution is -0.145. The average molecular weight is 605 g/mol. The van der Waals surface area contributed by atoms with Gasteiger partial charge in [-0.15, -0.1) is 0 Å². The van der Waals surface area contributed by atoms with Crippen LogP contribution in [-0.2, 0) is 14.3 Å². The van der Waals surface area contributed by atoms with Crippen LogP contribution in [0.4, 0.5) is 10.5 Å². The highest BCUT2D eigenvalue weighted by molar-refractivity contribution is 9.10. The molecule has 2 N–H and O–H groups in total. The summed E-state index contributed by atoms with van der Waals surface area (Å²) in [5.41, 5.74) is 3.32. The van der Waals surface area contributed by atoms with Gasteiger partial charge in [0.05, 0.1) is 21.6 Å². The molecule has 0 unspecified atom stereocenters. The van der Waals surface area contributed by atoms with Crippen molar-refractivity contribution < 1.29 is 23.9 Å². The van der Waals surface area contributed by atoms with Crippen molar-refractivity contribution in [2.45, 2.75) is 6.92 Å². The molecule has 2 aromatic carbocycles. The number of rotatable bonds is 7. The third-order valence-corrected chi connectivity index (χ3v) is 6.63. The molecular formula is C21H16BrCl2N3O5S2. The summed E-state index contributed by atoms with van der Waals surface area (Å²) in [6, 6.07) is 8.97. The second kappa shape index (κ2) is 11.9. The van der Waals surface area contributed by atoms with Crippen LogP contribution in [0.15, 0.2) is 45.8 Å². The number of thiocarbonyl (C=S) groups is 1. The highest BCUT2D eigenvalue weighted by Crippen LogP contribution is 2.34. The molecule has 1 heterocycles. The number of hydrazine groups is 1. The van der Waals surface area contributed by atoms with Gasteiger partial charge in [0, 0.05) is 15.7 Å². The van der Waals surface area contributed by atoms with Crippen molar-refractivity contribution in [2.75, 3.05) is 18.5 Å². The summed E-state index contributed by atoms with van der Waals surface area (Å²) in [6.45, 7) is 1.65. The number of benzene rings is 2. The van der Waals surface area contributed by atoms with Crippen LogP contribution in [0.25, 0.3) is 6.08 Å². The number of carbonyl (C=O) groups is 3. The Morgan fingerprint density at radius 2 is 1.97 bits per heavy atom. The minimum absolute atomic E-state index is 0.129. The van der Waals surface area contributed by atoms with Gasteiger partial charge in [-0.25, -0.2) is 15.0 Å². The third kappa shape index (κ3) is 6.86.